The molecule has 3 unspecified atom stereocenters. The number of phosphoric ester groups is 1. The van der Waals surface area contributed by atoms with Crippen molar-refractivity contribution in [3.63, 3.8) is 0 Å². The molecule has 1 spiro atoms. The number of benzene rings is 2. The minimum atomic E-state index is -4.51. The van der Waals surface area contributed by atoms with Gasteiger partial charge in [0, 0.05) is 5.02 Å². The van der Waals surface area contributed by atoms with Crippen molar-refractivity contribution in [3.8, 4) is 11.8 Å². The van der Waals surface area contributed by atoms with Crippen LogP contribution < -0.4 is 10.3 Å². The SMILES string of the molecule is CCCCCCCCCCCCCCCCCC[C@H](COP(=O)(Oc1ccccc1Cl)OC1C23OC(C)(C)O[C@H]2[C@H](c2ccc4c(N)ncnn24)O[C@]13C)OCc1cc(Cl)cc(C#N)c1. The Morgan fingerprint density at radius 3 is 2.22 bits per heavy atom. The first-order valence-electron chi connectivity index (χ1n) is 23.6. The van der Waals surface area contributed by atoms with E-state index >= 15 is 4.57 Å². The first-order chi connectivity index (χ1) is 31.3. The van der Waals surface area contributed by atoms with Gasteiger partial charge >= 0.3 is 7.82 Å². The summed E-state index contributed by atoms with van der Waals surface area (Å²) in [5, 5.41) is 14.7. The maximum atomic E-state index is 15.1. The molecule has 4 aromatic rings. The highest BCUT2D eigenvalue weighted by atomic mass is 35.5. The Labute approximate surface area is 394 Å². The third-order valence-electron chi connectivity index (χ3n) is 12.9. The third kappa shape index (κ3) is 11.9. The number of halogens is 2. The fourth-order valence-corrected chi connectivity index (χ4v) is 11.5. The van der Waals surface area contributed by atoms with E-state index < -0.39 is 49.2 Å². The van der Waals surface area contributed by atoms with Gasteiger partial charge in [0.05, 0.1) is 41.7 Å². The van der Waals surface area contributed by atoms with Gasteiger partial charge in [-0.15, -0.1) is 0 Å². The summed E-state index contributed by atoms with van der Waals surface area (Å²) in [5.41, 5.74) is 6.31. The van der Waals surface area contributed by atoms with Gasteiger partial charge in [-0.2, -0.15) is 10.4 Å². The monoisotopic (exact) mass is 953 g/mol. The molecule has 65 heavy (non-hydrogen) atoms. The molecule has 4 heterocycles. The Morgan fingerprint density at radius 2 is 1.55 bits per heavy atom. The van der Waals surface area contributed by atoms with E-state index in [9.17, 15) is 5.26 Å². The molecule has 2 aliphatic heterocycles. The van der Waals surface area contributed by atoms with Gasteiger partial charge in [-0.25, -0.2) is 14.1 Å². The number of hydrogen-bond acceptors (Lipinski definition) is 12. The van der Waals surface area contributed by atoms with Gasteiger partial charge in [0.15, 0.2) is 17.2 Å². The molecule has 13 nitrogen and oxygen atoms in total. The number of anilines is 1. The summed E-state index contributed by atoms with van der Waals surface area (Å²) >= 11 is 12.9. The van der Waals surface area contributed by atoms with Crippen molar-refractivity contribution in [1.29, 1.82) is 5.26 Å². The normalized spacial score (nSPS) is 24.4. The minimum Gasteiger partial charge on any atom is -0.402 e. The zero-order valence-corrected chi connectivity index (χ0v) is 40.8. The molecule has 7 atom stereocenters. The molecule has 1 saturated carbocycles. The number of rotatable bonds is 28. The molecule has 1 aliphatic carbocycles. The number of para-hydroxylation sites is 1. The van der Waals surface area contributed by atoms with Crippen molar-refractivity contribution in [2.75, 3.05) is 12.3 Å². The van der Waals surface area contributed by atoms with Crippen LogP contribution in [0.1, 0.15) is 160 Å². The Kier molecular flexibility index (Phi) is 17.0. The van der Waals surface area contributed by atoms with E-state index in [1.165, 1.54) is 89.8 Å². The molecule has 0 amide bonds. The number of ether oxygens (including phenoxy) is 4. The molecular weight excluding hydrogens is 888 g/mol. The van der Waals surface area contributed by atoms with Crippen molar-refractivity contribution >= 4 is 42.4 Å². The summed E-state index contributed by atoms with van der Waals surface area (Å²) in [4.78, 5) is 4.12. The minimum absolute atomic E-state index is 0.125. The highest BCUT2D eigenvalue weighted by molar-refractivity contribution is 7.49. The third-order valence-corrected chi connectivity index (χ3v) is 14.8. The van der Waals surface area contributed by atoms with Crippen LogP contribution in [0, 0.1) is 11.3 Å². The maximum Gasteiger partial charge on any atom is 0.530 e. The number of aromatic nitrogens is 3. The lowest BCUT2D eigenvalue weighted by molar-refractivity contribution is -0.186. The van der Waals surface area contributed by atoms with Crippen LogP contribution in [-0.2, 0) is 39.2 Å². The van der Waals surface area contributed by atoms with E-state index in [0.717, 1.165) is 24.8 Å². The number of unbranched alkanes of at least 4 members (excludes halogenated alkanes) is 15. The Balaban J connectivity index is 0.998. The second kappa shape index (κ2) is 22.2. The van der Waals surface area contributed by atoms with E-state index in [4.69, 9.17) is 61.5 Å². The van der Waals surface area contributed by atoms with Gasteiger partial charge < -0.3 is 29.2 Å². The van der Waals surface area contributed by atoms with Crippen LogP contribution in [0.5, 0.6) is 5.75 Å². The second-order valence-corrected chi connectivity index (χ2v) is 20.8. The van der Waals surface area contributed by atoms with E-state index in [-0.39, 0.29) is 24.0 Å². The van der Waals surface area contributed by atoms with Crippen LogP contribution in [0.25, 0.3) is 5.52 Å². The lowest BCUT2D eigenvalue weighted by Gasteiger charge is -2.27. The van der Waals surface area contributed by atoms with Crippen LogP contribution in [-0.4, -0.2) is 56.5 Å². The standard InChI is InChI=1S/C49H66Cl2N5O8P/c1-5-6-7-8-9-10-11-12-13-14-15-16-17-18-19-20-23-38(58-32-36-28-35(31-52)29-37(50)30-36)33-59-65(57,62-42-25-22-21-24-39(42)51)63-46-48(4)49(46)44(61-47(2,3)64-49)43(60-48)40-26-27-41-45(53)54-34-55-56(40)41/h21-22,24-30,34,38,43-44,46H,5-20,23,32-33H2,1-4H3,(H2,53,54,55)/t38-,43+,44+,46?,48-,49?,65?/m1/s1. The lowest BCUT2D eigenvalue weighted by Crippen LogP contribution is -2.33. The number of nitrogens with two attached hydrogens (primary N) is 1. The van der Waals surface area contributed by atoms with Crippen molar-refractivity contribution in [1.82, 2.24) is 14.6 Å². The summed E-state index contributed by atoms with van der Waals surface area (Å²) < 4.78 is 62.1. The van der Waals surface area contributed by atoms with Crippen molar-refractivity contribution in [2.45, 2.75) is 185 Å². The smallest absolute Gasteiger partial charge is 0.402 e. The molecule has 2 aromatic carbocycles. The number of nitrogens with zero attached hydrogens (tertiary/aromatic N) is 4. The van der Waals surface area contributed by atoms with E-state index in [2.05, 4.69) is 23.1 Å². The largest absolute Gasteiger partial charge is 0.530 e. The average molecular weight is 955 g/mol. The van der Waals surface area contributed by atoms with E-state index in [1.54, 1.807) is 47.0 Å². The number of nitriles is 1. The number of nitrogen functional groups attached to an aromatic ring is 1. The molecule has 16 heteroatoms. The van der Waals surface area contributed by atoms with Gasteiger partial charge in [-0.05, 0) is 75.2 Å². The fourth-order valence-electron chi connectivity index (χ4n) is 9.53. The molecule has 3 aliphatic rings. The van der Waals surface area contributed by atoms with Crippen molar-refractivity contribution < 1.29 is 37.1 Å². The van der Waals surface area contributed by atoms with Crippen LogP contribution in [0.2, 0.25) is 10.0 Å². The van der Waals surface area contributed by atoms with Gasteiger partial charge in [0.2, 0.25) is 0 Å². The first-order valence-corrected chi connectivity index (χ1v) is 25.9. The number of phosphoric acid groups is 1. The lowest BCUT2D eigenvalue weighted by atomic mass is 10.0. The quantitative estimate of drug-likeness (QED) is 0.0424. The highest BCUT2D eigenvalue weighted by Crippen LogP contribution is 2.74. The van der Waals surface area contributed by atoms with E-state index in [1.807, 2.05) is 32.9 Å². The maximum absolute atomic E-state index is 15.1. The molecule has 354 valence electrons. The number of hydrogen-bond donors (Lipinski definition) is 1. The molecule has 2 saturated heterocycles. The van der Waals surface area contributed by atoms with Crippen LogP contribution in [0.15, 0.2) is 60.9 Å². The number of fused-ring (bicyclic) bond motifs is 1. The molecule has 3 fully saturated rings. The zero-order chi connectivity index (χ0) is 46.1. The Bertz CT molecular complexity index is 2290. The molecular formula is C49H66Cl2N5O8P. The highest BCUT2D eigenvalue weighted by Gasteiger charge is 2.92. The summed E-state index contributed by atoms with van der Waals surface area (Å²) in [6, 6.07) is 17.7. The Hall–Kier alpha value is -3.28. The average Bonchev–Trinajstić information content (AvgIpc) is 3.66. The van der Waals surface area contributed by atoms with Gasteiger partial charge in [0.25, 0.3) is 0 Å². The summed E-state index contributed by atoms with van der Waals surface area (Å²) in [5.74, 6) is -0.591. The zero-order valence-electron chi connectivity index (χ0n) is 38.4. The van der Waals surface area contributed by atoms with Gasteiger partial charge in [0.1, 0.15) is 41.5 Å². The summed E-state index contributed by atoms with van der Waals surface area (Å²) in [6.45, 7) is 7.78. The molecule has 0 bridgehead atoms. The summed E-state index contributed by atoms with van der Waals surface area (Å²) in [7, 11) is -4.51. The predicted molar refractivity (Wildman–Crippen MR) is 252 cm³/mol. The molecule has 2 N–H and O–H groups in total. The van der Waals surface area contributed by atoms with E-state index in [0.29, 0.717) is 34.0 Å². The van der Waals surface area contributed by atoms with Crippen molar-refractivity contribution in [3.05, 3.63) is 87.8 Å². The van der Waals surface area contributed by atoms with Crippen LogP contribution in [0.4, 0.5) is 5.82 Å². The topological polar surface area (TPSA) is 162 Å². The van der Waals surface area contributed by atoms with Crippen LogP contribution >= 0.6 is 31.0 Å². The first kappa shape index (κ1) is 49.6. The van der Waals surface area contributed by atoms with Crippen LogP contribution in [0.3, 0.4) is 0 Å². The summed E-state index contributed by atoms with van der Waals surface area (Å²) in [6.07, 6.45) is 19.5. The van der Waals surface area contributed by atoms with Gasteiger partial charge in [-0.3, -0.25) is 9.05 Å². The second-order valence-electron chi connectivity index (χ2n) is 18.4. The predicted octanol–water partition coefficient (Wildman–Crippen LogP) is 13.0. The molecule has 2 aromatic heterocycles. The molecule has 0 radical (unpaired) electrons. The fraction of sp³-hybridized carbons (Fsp3) is 0.612. The van der Waals surface area contributed by atoms with Crippen molar-refractivity contribution in [2.24, 2.45) is 0 Å². The van der Waals surface area contributed by atoms with Gasteiger partial charge in [-0.1, -0.05) is 145 Å². The Morgan fingerprint density at radius 1 is 0.892 bits per heavy atom. The molecule has 7 rings (SSSR count).